The first kappa shape index (κ1) is 13.5. The summed E-state index contributed by atoms with van der Waals surface area (Å²) in [7, 11) is 0. The highest BCUT2D eigenvalue weighted by Gasteiger charge is 2.20. The van der Waals surface area contributed by atoms with Crippen molar-refractivity contribution in [3.05, 3.63) is 46.8 Å². The molecule has 0 saturated heterocycles. The van der Waals surface area contributed by atoms with Crippen LogP contribution in [0.1, 0.15) is 24.0 Å². The molecule has 0 aliphatic carbocycles. The van der Waals surface area contributed by atoms with Crippen LogP contribution in [-0.4, -0.2) is 11.7 Å². The highest BCUT2D eigenvalue weighted by atomic mass is 32.1. The molecule has 0 fully saturated rings. The minimum Gasteiger partial charge on any atom is -0.363 e. The lowest BCUT2D eigenvalue weighted by Gasteiger charge is -2.09. The van der Waals surface area contributed by atoms with E-state index in [1.54, 1.807) is 18.3 Å². The van der Waals surface area contributed by atoms with E-state index in [1.807, 2.05) is 24.3 Å². The third kappa shape index (κ3) is 2.74. The zero-order valence-electron chi connectivity index (χ0n) is 10.8. The Morgan fingerprint density at radius 1 is 1.16 bits per heavy atom. The molecule has 1 heterocycles. The Hall–Kier alpha value is -1.94. The van der Waals surface area contributed by atoms with Gasteiger partial charge < -0.3 is 5.73 Å². The summed E-state index contributed by atoms with van der Waals surface area (Å²) in [6, 6.07) is 9.77. The molecule has 3 nitrogen and oxygen atoms in total. The van der Waals surface area contributed by atoms with Crippen LogP contribution >= 0.6 is 11.3 Å². The fourth-order valence-corrected chi connectivity index (χ4v) is 2.89. The number of aryl methyl sites for hydroxylation is 1. The Bertz CT molecular complexity index is 613. The Labute approximate surface area is 116 Å². The molecule has 1 unspecified atom stereocenters. The minimum absolute atomic E-state index is 0.490. The molecule has 1 amide bonds. The van der Waals surface area contributed by atoms with Crippen molar-refractivity contribution in [3.8, 4) is 10.4 Å². The van der Waals surface area contributed by atoms with E-state index < -0.39 is 17.6 Å². The van der Waals surface area contributed by atoms with Crippen molar-refractivity contribution in [2.24, 2.45) is 5.73 Å². The lowest BCUT2D eigenvalue weighted by atomic mass is 9.95. The van der Waals surface area contributed by atoms with Crippen LogP contribution in [-0.2, 0) is 9.59 Å². The summed E-state index contributed by atoms with van der Waals surface area (Å²) in [5.74, 6) is -1.93. The van der Waals surface area contributed by atoms with E-state index in [-0.39, 0.29) is 0 Å². The number of amides is 1. The van der Waals surface area contributed by atoms with Gasteiger partial charge in [0, 0.05) is 10.8 Å². The van der Waals surface area contributed by atoms with Gasteiger partial charge in [0.1, 0.15) is 0 Å². The molecule has 0 spiro atoms. The third-order valence-corrected chi connectivity index (χ3v) is 4.24. The highest BCUT2D eigenvalue weighted by Crippen LogP contribution is 2.30. The lowest BCUT2D eigenvalue weighted by molar-refractivity contribution is -0.136. The molecule has 1 aromatic carbocycles. The number of primary amides is 1. The van der Waals surface area contributed by atoms with Gasteiger partial charge in [-0.05, 0) is 35.1 Å². The van der Waals surface area contributed by atoms with E-state index in [1.165, 1.54) is 10.4 Å². The number of benzene rings is 1. The average Bonchev–Trinajstić information content (AvgIpc) is 2.83. The van der Waals surface area contributed by atoms with Crippen LogP contribution in [0.4, 0.5) is 0 Å². The van der Waals surface area contributed by atoms with Crippen LogP contribution in [0.25, 0.3) is 10.4 Å². The zero-order chi connectivity index (χ0) is 14.0. The van der Waals surface area contributed by atoms with E-state index in [0.717, 1.165) is 11.1 Å². The monoisotopic (exact) mass is 273 g/mol. The van der Waals surface area contributed by atoms with Gasteiger partial charge in [0.2, 0.25) is 5.78 Å². The summed E-state index contributed by atoms with van der Waals surface area (Å²) >= 11 is 1.69. The van der Waals surface area contributed by atoms with Crippen LogP contribution in [0.3, 0.4) is 0 Å². The van der Waals surface area contributed by atoms with Crippen molar-refractivity contribution >= 4 is 23.0 Å². The van der Waals surface area contributed by atoms with Gasteiger partial charge in [-0.2, -0.15) is 0 Å². The summed E-state index contributed by atoms with van der Waals surface area (Å²) in [4.78, 5) is 23.6. The average molecular weight is 273 g/mol. The SMILES string of the molecule is Cc1ccsc1-c1ccc(C(C)C(=O)C(N)=O)cc1. The first-order chi connectivity index (χ1) is 9.00. The molecular weight excluding hydrogens is 258 g/mol. The number of hydrogen-bond acceptors (Lipinski definition) is 3. The van der Waals surface area contributed by atoms with Crippen LogP contribution in [0.5, 0.6) is 0 Å². The highest BCUT2D eigenvalue weighted by molar-refractivity contribution is 7.13. The molecule has 2 aromatic rings. The zero-order valence-corrected chi connectivity index (χ0v) is 11.7. The van der Waals surface area contributed by atoms with Gasteiger partial charge in [0.05, 0.1) is 0 Å². The fourth-order valence-electron chi connectivity index (χ4n) is 1.96. The second-order valence-corrected chi connectivity index (χ2v) is 5.42. The Kier molecular flexibility index (Phi) is 3.81. The summed E-state index contributed by atoms with van der Waals surface area (Å²) < 4.78 is 0. The topological polar surface area (TPSA) is 60.2 Å². The minimum atomic E-state index is -0.884. The van der Waals surface area contributed by atoms with Crippen LogP contribution in [0.15, 0.2) is 35.7 Å². The maximum Gasteiger partial charge on any atom is 0.285 e. The van der Waals surface area contributed by atoms with Gasteiger partial charge in [-0.1, -0.05) is 31.2 Å². The molecule has 0 bridgehead atoms. The van der Waals surface area contributed by atoms with Crippen LogP contribution < -0.4 is 5.73 Å². The summed E-state index contributed by atoms with van der Waals surface area (Å²) in [6.07, 6.45) is 0. The molecule has 2 N–H and O–H groups in total. The number of carbonyl (C=O) groups excluding carboxylic acids is 2. The first-order valence-electron chi connectivity index (χ1n) is 5.98. The first-order valence-corrected chi connectivity index (χ1v) is 6.86. The molecular formula is C15H15NO2S. The molecule has 2 rings (SSSR count). The molecule has 4 heteroatoms. The number of carbonyl (C=O) groups is 2. The number of thiophene rings is 1. The number of hydrogen-bond donors (Lipinski definition) is 1. The molecule has 0 aliphatic heterocycles. The van der Waals surface area contributed by atoms with Gasteiger partial charge >= 0.3 is 0 Å². The molecule has 1 atom stereocenters. The Balaban J connectivity index is 2.26. The van der Waals surface area contributed by atoms with Crippen molar-refractivity contribution in [1.82, 2.24) is 0 Å². The lowest BCUT2D eigenvalue weighted by Crippen LogP contribution is -2.27. The maximum absolute atomic E-state index is 11.5. The number of Topliss-reactive ketones (excluding diaryl/α,β-unsaturated/α-hetero) is 1. The van der Waals surface area contributed by atoms with Gasteiger partial charge in [0.15, 0.2) is 0 Å². The van der Waals surface area contributed by atoms with Gasteiger partial charge in [-0.3, -0.25) is 9.59 Å². The maximum atomic E-state index is 11.5. The predicted octanol–water partition coefficient (Wildman–Crippen LogP) is 2.88. The normalized spacial score (nSPS) is 12.1. The van der Waals surface area contributed by atoms with Crippen molar-refractivity contribution in [3.63, 3.8) is 0 Å². The fraction of sp³-hybridized carbons (Fsp3) is 0.200. The third-order valence-electron chi connectivity index (χ3n) is 3.17. The number of ketones is 1. The van der Waals surface area contributed by atoms with E-state index in [4.69, 9.17) is 5.73 Å². The summed E-state index contributed by atoms with van der Waals surface area (Å²) in [5.41, 5.74) is 8.18. The van der Waals surface area contributed by atoms with Crippen LogP contribution in [0, 0.1) is 6.92 Å². The summed E-state index contributed by atoms with van der Waals surface area (Å²) in [5, 5.41) is 2.05. The molecule has 0 saturated carbocycles. The molecule has 19 heavy (non-hydrogen) atoms. The largest absolute Gasteiger partial charge is 0.363 e. The molecule has 98 valence electrons. The smallest absolute Gasteiger partial charge is 0.285 e. The standard InChI is InChI=1S/C15H15NO2S/c1-9-7-8-19-14(9)12-5-3-11(4-6-12)10(2)13(17)15(16)18/h3-8,10H,1-2H3,(H2,16,18). The second-order valence-electron chi connectivity index (χ2n) is 4.50. The van der Waals surface area contributed by atoms with Crippen molar-refractivity contribution in [1.29, 1.82) is 0 Å². The van der Waals surface area contributed by atoms with Gasteiger partial charge in [-0.25, -0.2) is 0 Å². The van der Waals surface area contributed by atoms with E-state index in [2.05, 4.69) is 18.4 Å². The summed E-state index contributed by atoms with van der Waals surface area (Å²) in [6.45, 7) is 3.76. The van der Waals surface area contributed by atoms with E-state index in [9.17, 15) is 9.59 Å². The van der Waals surface area contributed by atoms with Crippen LogP contribution in [0.2, 0.25) is 0 Å². The quantitative estimate of drug-likeness (QED) is 0.871. The van der Waals surface area contributed by atoms with Gasteiger partial charge in [0.25, 0.3) is 5.91 Å². The number of rotatable bonds is 4. The Morgan fingerprint density at radius 3 is 2.26 bits per heavy atom. The van der Waals surface area contributed by atoms with Crippen molar-refractivity contribution in [2.75, 3.05) is 0 Å². The predicted molar refractivity (Wildman–Crippen MR) is 77.1 cm³/mol. The Morgan fingerprint density at radius 2 is 1.79 bits per heavy atom. The molecule has 1 aromatic heterocycles. The second kappa shape index (κ2) is 5.36. The van der Waals surface area contributed by atoms with Crippen molar-refractivity contribution < 1.29 is 9.59 Å². The van der Waals surface area contributed by atoms with E-state index in [0.29, 0.717) is 0 Å². The molecule has 0 aliphatic rings. The van der Waals surface area contributed by atoms with Crippen molar-refractivity contribution in [2.45, 2.75) is 19.8 Å². The number of nitrogens with two attached hydrogens (primary N) is 1. The molecule has 0 radical (unpaired) electrons. The van der Waals surface area contributed by atoms with Gasteiger partial charge in [-0.15, -0.1) is 11.3 Å². The van der Waals surface area contributed by atoms with E-state index >= 15 is 0 Å².